The molecule has 2 aromatic rings. The van der Waals surface area contributed by atoms with E-state index in [2.05, 4.69) is 36.2 Å². The van der Waals surface area contributed by atoms with Gasteiger partial charge in [-0.2, -0.15) is 0 Å². The van der Waals surface area contributed by atoms with E-state index in [9.17, 15) is 4.79 Å². The molecule has 0 radical (unpaired) electrons. The molecule has 1 aromatic heterocycles. The van der Waals surface area contributed by atoms with Gasteiger partial charge in [-0.05, 0) is 41.1 Å². The maximum atomic E-state index is 11.5. The molecule has 6 nitrogen and oxygen atoms in total. The van der Waals surface area contributed by atoms with Crippen molar-refractivity contribution in [2.75, 3.05) is 18.5 Å². The Morgan fingerprint density at radius 1 is 1.07 bits per heavy atom. The quantitative estimate of drug-likeness (QED) is 0.354. The summed E-state index contributed by atoms with van der Waals surface area (Å²) < 4.78 is 1.61. The van der Waals surface area contributed by atoms with Crippen LogP contribution < -0.4 is 5.32 Å². The Morgan fingerprint density at radius 2 is 1.64 bits per heavy atom. The van der Waals surface area contributed by atoms with Gasteiger partial charge in [0.05, 0.1) is 6.61 Å². The van der Waals surface area contributed by atoms with E-state index in [4.69, 9.17) is 74.3 Å². The summed E-state index contributed by atoms with van der Waals surface area (Å²) >= 11 is 38.7. The molecule has 1 N–H and O–H groups in total. The highest BCUT2D eigenvalue weighted by Crippen LogP contribution is 2.41. The summed E-state index contributed by atoms with van der Waals surface area (Å²) in [5.41, 5.74) is 1.18. The molecule has 0 fully saturated rings. The number of ether oxygens (including phenoxy) is 1. The summed E-state index contributed by atoms with van der Waals surface area (Å²) in [5, 5.41) is 2.95. The van der Waals surface area contributed by atoms with E-state index in [1.807, 2.05) is 0 Å². The number of carbonyl (C=O) groups excluding carboxylic acids is 1. The Kier molecular flexibility index (Phi) is 8.30. The molecule has 1 heterocycles. The van der Waals surface area contributed by atoms with Crippen molar-refractivity contribution < 1.29 is 9.53 Å². The van der Waals surface area contributed by atoms with Crippen LogP contribution in [-0.2, 0) is 17.1 Å². The van der Waals surface area contributed by atoms with Crippen LogP contribution in [0.15, 0.2) is 22.7 Å². The van der Waals surface area contributed by atoms with Gasteiger partial charge in [-0.1, -0.05) is 69.6 Å². The monoisotopic (exact) mass is 568 g/mol. The minimum absolute atomic E-state index is 0.00632. The van der Waals surface area contributed by atoms with Crippen molar-refractivity contribution in [1.82, 2.24) is 15.0 Å². The van der Waals surface area contributed by atoms with Gasteiger partial charge in [0.25, 0.3) is 0 Å². The van der Waals surface area contributed by atoms with Crippen LogP contribution in [-0.4, -0.2) is 34.1 Å². The summed E-state index contributed by atoms with van der Waals surface area (Å²) in [6.07, 6.45) is 0. The third-order valence-electron chi connectivity index (χ3n) is 3.10. The minimum atomic E-state index is -1.94. The lowest BCUT2D eigenvalue weighted by atomic mass is 10.2. The molecular formula is C15H11BrCl6N4O2. The second-order valence-electron chi connectivity index (χ2n) is 5.15. The van der Waals surface area contributed by atoms with Crippen LogP contribution in [0, 0.1) is 0 Å². The highest BCUT2D eigenvalue weighted by molar-refractivity contribution is 9.10. The number of hydrogen-bond donors (Lipinski definition) is 1. The van der Waals surface area contributed by atoms with Crippen molar-refractivity contribution in [1.29, 1.82) is 0 Å². The fourth-order valence-corrected chi connectivity index (χ4v) is 2.96. The van der Waals surface area contributed by atoms with Crippen LogP contribution >= 0.6 is 85.5 Å². The van der Waals surface area contributed by atoms with Crippen LogP contribution in [0.5, 0.6) is 0 Å². The Hall–Kier alpha value is -0.280. The molecular weight excluding hydrogens is 561 g/mol. The average molecular weight is 572 g/mol. The highest BCUT2D eigenvalue weighted by Gasteiger charge is 2.34. The van der Waals surface area contributed by atoms with E-state index in [0.717, 1.165) is 0 Å². The second-order valence-corrected chi connectivity index (χ2v) is 10.6. The molecule has 1 aromatic carbocycles. The van der Waals surface area contributed by atoms with E-state index in [1.54, 1.807) is 25.1 Å². The number of hydrogen-bond acceptors (Lipinski definition) is 6. The second kappa shape index (κ2) is 9.69. The lowest BCUT2D eigenvalue weighted by Gasteiger charge is -2.16. The Balaban J connectivity index is 2.39. The molecule has 2 rings (SSSR count). The summed E-state index contributed by atoms with van der Waals surface area (Å²) in [6.45, 7) is 2.04. The molecule has 0 bridgehead atoms. The van der Waals surface area contributed by atoms with Crippen LogP contribution in [0.4, 0.5) is 5.69 Å². The van der Waals surface area contributed by atoms with Crippen molar-refractivity contribution in [3.05, 3.63) is 34.3 Å². The number of esters is 1. The number of rotatable bonds is 5. The van der Waals surface area contributed by atoms with Gasteiger partial charge in [0.1, 0.15) is 6.54 Å². The van der Waals surface area contributed by atoms with E-state index in [0.29, 0.717) is 22.3 Å². The van der Waals surface area contributed by atoms with Gasteiger partial charge in [0, 0.05) is 15.7 Å². The van der Waals surface area contributed by atoms with Gasteiger partial charge >= 0.3 is 5.97 Å². The number of anilines is 1. The fourth-order valence-electron chi connectivity index (χ4n) is 1.94. The van der Waals surface area contributed by atoms with E-state index in [-0.39, 0.29) is 30.0 Å². The Morgan fingerprint density at radius 3 is 2.11 bits per heavy atom. The van der Waals surface area contributed by atoms with Crippen LogP contribution in [0.1, 0.15) is 18.6 Å². The van der Waals surface area contributed by atoms with Crippen molar-refractivity contribution in [2.24, 2.45) is 0 Å². The predicted octanol–water partition coefficient (Wildman–Crippen LogP) is 5.93. The number of benzene rings is 1. The minimum Gasteiger partial charge on any atom is -0.465 e. The van der Waals surface area contributed by atoms with Gasteiger partial charge in [0.2, 0.25) is 7.59 Å². The Labute approximate surface area is 199 Å². The van der Waals surface area contributed by atoms with Crippen molar-refractivity contribution in [3.63, 3.8) is 0 Å². The van der Waals surface area contributed by atoms with Gasteiger partial charge < -0.3 is 10.1 Å². The third kappa shape index (κ3) is 6.62. The van der Waals surface area contributed by atoms with Crippen molar-refractivity contribution >= 4 is 97.2 Å². The maximum Gasteiger partial charge on any atom is 0.325 e. The van der Waals surface area contributed by atoms with Crippen molar-refractivity contribution in [3.8, 4) is 11.4 Å². The molecule has 0 atom stereocenters. The molecule has 0 aliphatic rings. The largest absolute Gasteiger partial charge is 0.465 e. The lowest BCUT2D eigenvalue weighted by Crippen LogP contribution is -2.17. The van der Waals surface area contributed by atoms with E-state index in [1.165, 1.54) is 0 Å². The zero-order chi connectivity index (χ0) is 21.1. The van der Waals surface area contributed by atoms with Crippen LogP contribution in [0.2, 0.25) is 0 Å². The number of halogens is 7. The van der Waals surface area contributed by atoms with E-state index >= 15 is 0 Å². The first-order valence-electron chi connectivity index (χ1n) is 7.51. The van der Waals surface area contributed by atoms with Gasteiger partial charge in [-0.3, -0.25) is 4.79 Å². The topological polar surface area (TPSA) is 77.0 Å². The number of aromatic nitrogens is 3. The average Bonchev–Trinajstić information content (AvgIpc) is 2.59. The van der Waals surface area contributed by atoms with Crippen molar-refractivity contribution in [2.45, 2.75) is 14.5 Å². The maximum absolute atomic E-state index is 11.5. The summed E-state index contributed by atoms with van der Waals surface area (Å²) in [6, 6.07) is 5.07. The third-order valence-corrected chi connectivity index (χ3v) is 4.77. The number of carbonyl (C=O) groups is 1. The molecule has 152 valence electrons. The van der Waals surface area contributed by atoms with Crippen LogP contribution in [0.3, 0.4) is 0 Å². The van der Waals surface area contributed by atoms with E-state index < -0.39 is 7.59 Å². The first-order chi connectivity index (χ1) is 12.9. The molecule has 13 heteroatoms. The fraction of sp³-hybridized carbons (Fsp3) is 0.333. The standard InChI is InChI=1S/C15H11BrCl6N4O2/c1-2-28-10(27)6-23-9-4-3-7(5-8(9)16)11-24-12(14(17,18)19)26-13(25-11)15(20,21)22/h3-5,23H,2,6H2,1H3. The molecule has 0 aliphatic heterocycles. The smallest absolute Gasteiger partial charge is 0.325 e. The zero-order valence-corrected chi connectivity index (χ0v) is 20.1. The first kappa shape index (κ1) is 24.0. The molecule has 0 aliphatic carbocycles. The number of nitrogens with zero attached hydrogens (tertiary/aromatic N) is 3. The highest BCUT2D eigenvalue weighted by atomic mass is 79.9. The summed E-state index contributed by atoms with van der Waals surface area (Å²) in [4.78, 5) is 23.7. The molecule has 0 saturated heterocycles. The molecule has 0 saturated carbocycles. The molecule has 0 unspecified atom stereocenters. The zero-order valence-electron chi connectivity index (χ0n) is 14.0. The number of alkyl halides is 6. The van der Waals surface area contributed by atoms with Gasteiger partial charge in [-0.15, -0.1) is 0 Å². The molecule has 0 amide bonds. The number of nitrogens with one attached hydrogen (secondary N) is 1. The molecule has 28 heavy (non-hydrogen) atoms. The predicted molar refractivity (Wildman–Crippen MR) is 117 cm³/mol. The summed E-state index contributed by atoms with van der Waals surface area (Å²) in [5.74, 6) is -0.625. The van der Waals surface area contributed by atoms with Gasteiger partial charge in [-0.25, -0.2) is 15.0 Å². The summed E-state index contributed by atoms with van der Waals surface area (Å²) in [7, 11) is 0. The van der Waals surface area contributed by atoms with Gasteiger partial charge in [0.15, 0.2) is 17.5 Å². The van der Waals surface area contributed by atoms with Crippen LogP contribution in [0.25, 0.3) is 11.4 Å². The SMILES string of the molecule is CCOC(=O)CNc1ccc(-c2nc(C(Cl)(Cl)Cl)nc(C(Cl)(Cl)Cl)n2)cc1Br. The molecule has 0 spiro atoms. The Bertz CT molecular complexity index is 840. The lowest BCUT2D eigenvalue weighted by molar-refractivity contribution is -0.140. The normalized spacial score (nSPS) is 12.0. The first-order valence-corrected chi connectivity index (χ1v) is 10.6.